The van der Waals surface area contributed by atoms with Crippen molar-refractivity contribution in [3.8, 4) is 0 Å². The fraction of sp³-hybridized carbons (Fsp3) is 0.444. The molecule has 2 aromatic heterocycles. The van der Waals surface area contributed by atoms with Crippen LogP contribution >= 0.6 is 23.1 Å². The molecular weight excluding hydrogens is 244 g/mol. The van der Waals surface area contributed by atoms with Gasteiger partial charge < -0.3 is 9.73 Å². The Bertz CT molecular complexity index is 415. The SMILES string of the molecule is CCCNc1nnc(CSc2ncco2)s1. The predicted molar refractivity (Wildman–Crippen MR) is 64.8 cm³/mol. The van der Waals surface area contributed by atoms with Gasteiger partial charge in [-0.05, 0) is 6.42 Å². The molecular formula is C9H12N4OS2. The molecule has 0 saturated carbocycles. The smallest absolute Gasteiger partial charge is 0.255 e. The largest absolute Gasteiger partial charge is 0.440 e. The van der Waals surface area contributed by atoms with Crippen molar-refractivity contribution in [2.24, 2.45) is 0 Å². The summed E-state index contributed by atoms with van der Waals surface area (Å²) in [4.78, 5) is 4.02. The number of hydrogen-bond donors (Lipinski definition) is 1. The van der Waals surface area contributed by atoms with E-state index in [-0.39, 0.29) is 0 Å². The number of aromatic nitrogens is 3. The third-order valence-electron chi connectivity index (χ3n) is 1.72. The minimum atomic E-state index is 0.665. The van der Waals surface area contributed by atoms with Gasteiger partial charge >= 0.3 is 0 Å². The molecule has 0 unspecified atom stereocenters. The zero-order valence-corrected chi connectivity index (χ0v) is 10.5. The molecule has 0 aromatic carbocycles. The van der Waals surface area contributed by atoms with Gasteiger partial charge in [0.25, 0.3) is 5.22 Å². The molecule has 0 radical (unpaired) electrons. The van der Waals surface area contributed by atoms with Gasteiger partial charge in [-0.15, -0.1) is 10.2 Å². The van der Waals surface area contributed by atoms with Gasteiger partial charge in [0.15, 0.2) is 0 Å². The Hall–Kier alpha value is -1.08. The number of hydrogen-bond acceptors (Lipinski definition) is 7. The van der Waals surface area contributed by atoms with Crippen LogP contribution in [0.15, 0.2) is 22.1 Å². The van der Waals surface area contributed by atoms with Gasteiger partial charge in [0.05, 0.1) is 11.9 Å². The number of nitrogens with zero attached hydrogens (tertiary/aromatic N) is 3. The first-order valence-corrected chi connectivity index (χ1v) is 6.77. The Labute approximate surface area is 102 Å². The molecule has 0 fully saturated rings. The number of rotatable bonds is 6. The molecule has 0 aliphatic heterocycles. The highest BCUT2D eigenvalue weighted by Gasteiger charge is 2.05. The number of anilines is 1. The van der Waals surface area contributed by atoms with Crippen LogP contribution in [-0.2, 0) is 5.75 Å². The average Bonchev–Trinajstić information content (AvgIpc) is 2.95. The van der Waals surface area contributed by atoms with Gasteiger partial charge in [-0.2, -0.15) is 0 Å². The van der Waals surface area contributed by atoms with Crippen LogP contribution in [0.2, 0.25) is 0 Å². The summed E-state index contributed by atoms with van der Waals surface area (Å²) in [6, 6.07) is 0. The van der Waals surface area contributed by atoms with Crippen molar-refractivity contribution in [1.29, 1.82) is 0 Å². The van der Waals surface area contributed by atoms with Crippen LogP contribution in [0.4, 0.5) is 5.13 Å². The number of oxazole rings is 1. The molecule has 5 nitrogen and oxygen atoms in total. The van der Waals surface area contributed by atoms with E-state index >= 15 is 0 Å². The molecule has 1 N–H and O–H groups in total. The van der Waals surface area contributed by atoms with Crippen molar-refractivity contribution in [2.45, 2.75) is 24.3 Å². The van der Waals surface area contributed by atoms with E-state index in [4.69, 9.17) is 4.42 Å². The number of nitrogens with one attached hydrogen (secondary N) is 1. The summed E-state index contributed by atoms with van der Waals surface area (Å²) in [5.74, 6) is 0.742. The molecule has 0 spiro atoms. The maximum Gasteiger partial charge on any atom is 0.255 e. The van der Waals surface area contributed by atoms with Crippen LogP contribution < -0.4 is 5.32 Å². The molecule has 0 amide bonds. The minimum Gasteiger partial charge on any atom is -0.440 e. The first-order chi connectivity index (χ1) is 7.88. The Morgan fingerprint density at radius 2 is 2.44 bits per heavy atom. The highest BCUT2D eigenvalue weighted by Crippen LogP contribution is 2.24. The van der Waals surface area contributed by atoms with Gasteiger partial charge in [-0.25, -0.2) is 4.98 Å². The molecule has 0 aliphatic rings. The van der Waals surface area contributed by atoms with Crippen LogP contribution in [0.5, 0.6) is 0 Å². The molecule has 0 saturated heterocycles. The van der Waals surface area contributed by atoms with Gasteiger partial charge in [-0.1, -0.05) is 30.0 Å². The Morgan fingerprint density at radius 1 is 1.50 bits per heavy atom. The fourth-order valence-corrected chi connectivity index (χ4v) is 2.56. The normalized spacial score (nSPS) is 10.6. The summed E-state index contributed by atoms with van der Waals surface area (Å²) in [6.45, 7) is 3.05. The summed E-state index contributed by atoms with van der Waals surface area (Å²) >= 11 is 3.09. The lowest BCUT2D eigenvalue weighted by molar-refractivity contribution is 0.454. The van der Waals surface area contributed by atoms with Crippen molar-refractivity contribution in [2.75, 3.05) is 11.9 Å². The van der Waals surface area contributed by atoms with Crippen molar-refractivity contribution < 1.29 is 4.42 Å². The maximum absolute atomic E-state index is 5.12. The van der Waals surface area contributed by atoms with E-state index in [1.54, 1.807) is 23.8 Å². The second kappa shape index (κ2) is 5.86. The van der Waals surface area contributed by atoms with Crippen molar-refractivity contribution in [3.63, 3.8) is 0 Å². The summed E-state index contributed by atoms with van der Waals surface area (Å²) in [7, 11) is 0. The Kier molecular flexibility index (Phi) is 4.17. The molecule has 0 atom stereocenters. The van der Waals surface area contributed by atoms with Crippen LogP contribution in [0, 0.1) is 0 Å². The van der Waals surface area contributed by atoms with Crippen molar-refractivity contribution >= 4 is 28.2 Å². The first kappa shape index (κ1) is 11.4. The third-order valence-corrected chi connectivity index (χ3v) is 3.65. The molecule has 2 rings (SSSR count). The second-order valence-electron chi connectivity index (χ2n) is 3.01. The van der Waals surface area contributed by atoms with Crippen LogP contribution in [0.25, 0.3) is 0 Å². The topological polar surface area (TPSA) is 63.8 Å². The minimum absolute atomic E-state index is 0.665. The van der Waals surface area contributed by atoms with E-state index in [0.717, 1.165) is 28.9 Å². The first-order valence-electron chi connectivity index (χ1n) is 4.97. The lowest BCUT2D eigenvalue weighted by atomic mass is 10.5. The monoisotopic (exact) mass is 256 g/mol. The van der Waals surface area contributed by atoms with E-state index in [0.29, 0.717) is 5.22 Å². The van der Waals surface area contributed by atoms with Crippen LogP contribution in [0.1, 0.15) is 18.4 Å². The van der Waals surface area contributed by atoms with E-state index in [2.05, 4.69) is 27.4 Å². The average molecular weight is 256 g/mol. The van der Waals surface area contributed by atoms with Gasteiger partial charge in [0.1, 0.15) is 11.3 Å². The summed E-state index contributed by atoms with van der Waals surface area (Å²) in [5, 5.41) is 13.9. The molecule has 0 aliphatic carbocycles. The second-order valence-corrected chi connectivity index (χ2v) is 5.00. The zero-order chi connectivity index (χ0) is 11.2. The maximum atomic E-state index is 5.12. The Balaban J connectivity index is 1.83. The Morgan fingerprint density at radius 3 is 3.19 bits per heavy atom. The standard InChI is InChI=1S/C9H12N4OS2/c1-2-3-10-8-13-12-7(16-8)6-15-9-11-4-5-14-9/h4-5H,2-3,6H2,1H3,(H,10,13). The lowest BCUT2D eigenvalue weighted by Gasteiger charge is -1.95. The van der Waals surface area contributed by atoms with Crippen LogP contribution in [-0.4, -0.2) is 21.7 Å². The lowest BCUT2D eigenvalue weighted by Crippen LogP contribution is -1.98. The predicted octanol–water partition coefficient (Wildman–Crippen LogP) is 2.64. The molecule has 7 heteroatoms. The summed E-state index contributed by atoms with van der Waals surface area (Å²) in [5.41, 5.74) is 0. The fourth-order valence-electron chi connectivity index (χ4n) is 1.02. The third kappa shape index (κ3) is 3.21. The summed E-state index contributed by atoms with van der Waals surface area (Å²) < 4.78 is 5.12. The van der Waals surface area contributed by atoms with Gasteiger partial charge in [0.2, 0.25) is 5.13 Å². The molecule has 2 aromatic rings. The summed E-state index contributed by atoms with van der Waals surface area (Å²) in [6.07, 6.45) is 4.29. The highest BCUT2D eigenvalue weighted by atomic mass is 32.2. The van der Waals surface area contributed by atoms with E-state index in [1.165, 1.54) is 11.8 Å². The van der Waals surface area contributed by atoms with E-state index < -0.39 is 0 Å². The molecule has 16 heavy (non-hydrogen) atoms. The van der Waals surface area contributed by atoms with E-state index in [9.17, 15) is 0 Å². The molecule has 2 heterocycles. The van der Waals surface area contributed by atoms with Crippen molar-refractivity contribution in [1.82, 2.24) is 15.2 Å². The number of thioether (sulfide) groups is 1. The van der Waals surface area contributed by atoms with Crippen molar-refractivity contribution in [3.05, 3.63) is 17.5 Å². The molecule has 86 valence electrons. The van der Waals surface area contributed by atoms with Gasteiger partial charge in [0, 0.05) is 6.54 Å². The van der Waals surface area contributed by atoms with E-state index in [1.807, 2.05) is 0 Å². The quantitative estimate of drug-likeness (QED) is 0.802. The van der Waals surface area contributed by atoms with Gasteiger partial charge in [-0.3, -0.25) is 0 Å². The highest BCUT2D eigenvalue weighted by molar-refractivity contribution is 7.98. The van der Waals surface area contributed by atoms with Crippen LogP contribution in [0.3, 0.4) is 0 Å². The zero-order valence-electron chi connectivity index (χ0n) is 8.84. The molecule has 0 bridgehead atoms.